The van der Waals surface area contributed by atoms with Crippen molar-refractivity contribution in [2.45, 2.75) is 45.9 Å². The monoisotopic (exact) mass is 297 g/mol. The lowest BCUT2D eigenvalue weighted by molar-refractivity contribution is 0.0224. The summed E-state index contributed by atoms with van der Waals surface area (Å²) in [5.41, 5.74) is 2.29. The van der Waals surface area contributed by atoms with Crippen molar-refractivity contribution < 1.29 is 14.6 Å². The molecule has 4 nitrogen and oxygen atoms in total. The Morgan fingerprint density at radius 3 is 2.75 bits per heavy atom. The molecule has 1 aliphatic heterocycles. The fourth-order valence-electron chi connectivity index (χ4n) is 2.26. The maximum absolute atomic E-state index is 12.1. The Bertz CT molecular complexity index is 523. The molecule has 1 heterocycles. The predicted octanol–water partition coefficient (Wildman–Crippen LogP) is 3.13. The molecule has 0 saturated heterocycles. The Labute approximate surface area is 124 Å². The first kappa shape index (κ1) is 15.1. The number of rotatable bonds is 1. The average Bonchev–Trinajstić information content (AvgIpc) is 2.37. The summed E-state index contributed by atoms with van der Waals surface area (Å²) >= 11 is 6.27. The van der Waals surface area contributed by atoms with E-state index in [4.69, 9.17) is 16.3 Å². The number of amides is 1. The zero-order chi connectivity index (χ0) is 14.9. The van der Waals surface area contributed by atoms with Crippen molar-refractivity contribution in [2.75, 3.05) is 6.54 Å². The second kappa shape index (κ2) is 5.62. The van der Waals surface area contributed by atoms with Gasteiger partial charge in [0.15, 0.2) is 0 Å². The van der Waals surface area contributed by atoms with Crippen LogP contribution in [0.15, 0.2) is 12.1 Å². The molecule has 1 aromatic rings. The Morgan fingerprint density at radius 1 is 1.45 bits per heavy atom. The number of halogens is 1. The summed E-state index contributed by atoms with van der Waals surface area (Å²) in [5, 5.41) is 9.84. The number of ether oxygens (including phenoxy) is 1. The molecule has 0 spiro atoms. The molecule has 1 N–H and O–H groups in total. The maximum atomic E-state index is 12.1. The summed E-state index contributed by atoms with van der Waals surface area (Å²) in [6.07, 6.45) is 0.381. The molecule has 0 radical (unpaired) electrons. The molecule has 20 heavy (non-hydrogen) atoms. The molecule has 0 aromatic heterocycles. The third kappa shape index (κ3) is 3.25. The summed E-state index contributed by atoms with van der Waals surface area (Å²) in [7, 11) is 0. The van der Waals surface area contributed by atoms with Gasteiger partial charge >= 0.3 is 6.09 Å². The van der Waals surface area contributed by atoms with Crippen LogP contribution in [0.1, 0.15) is 37.5 Å². The van der Waals surface area contributed by atoms with E-state index < -0.39 is 5.60 Å². The lowest BCUT2D eigenvalue weighted by Crippen LogP contribution is -2.40. The number of hydrogen-bond acceptors (Lipinski definition) is 3. The van der Waals surface area contributed by atoms with Crippen LogP contribution in [0.4, 0.5) is 4.79 Å². The maximum Gasteiger partial charge on any atom is 0.410 e. The van der Waals surface area contributed by atoms with Crippen LogP contribution in [0.2, 0.25) is 5.02 Å². The first-order chi connectivity index (χ1) is 9.31. The van der Waals surface area contributed by atoms with E-state index in [2.05, 4.69) is 0 Å². The highest BCUT2D eigenvalue weighted by Gasteiger charge is 2.27. The molecule has 1 aromatic carbocycles. The molecular weight excluding hydrogens is 278 g/mol. The van der Waals surface area contributed by atoms with E-state index in [-0.39, 0.29) is 12.7 Å². The Hall–Kier alpha value is -1.26. The molecule has 0 unspecified atom stereocenters. The minimum Gasteiger partial charge on any atom is -0.444 e. The van der Waals surface area contributed by atoms with Crippen LogP contribution in [0.3, 0.4) is 0 Å². The molecule has 0 atom stereocenters. The van der Waals surface area contributed by atoms with E-state index in [1.165, 1.54) is 0 Å². The van der Waals surface area contributed by atoms with E-state index in [0.29, 0.717) is 24.5 Å². The fourth-order valence-corrected chi connectivity index (χ4v) is 2.60. The lowest BCUT2D eigenvalue weighted by atomic mass is 9.97. The number of aliphatic hydroxyl groups excluding tert-OH is 1. The number of aliphatic hydroxyl groups is 1. The van der Waals surface area contributed by atoms with Gasteiger partial charge in [-0.15, -0.1) is 0 Å². The highest BCUT2D eigenvalue weighted by molar-refractivity contribution is 6.32. The Balaban J connectivity index is 2.16. The number of carbonyl (C=O) groups is 1. The van der Waals surface area contributed by atoms with Crippen molar-refractivity contribution in [2.24, 2.45) is 0 Å². The smallest absolute Gasteiger partial charge is 0.410 e. The van der Waals surface area contributed by atoms with Gasteiger partial charge in [0.05, 0.1) is 6.61 Å². The first-order valence-corrected chi connectivity index (χ1v) is 7.07. The summed E-state index contributed by atoms with van der Waals surface area (Å²) < 4.78 is 5.38. The minimum atomic E-state index is -0.490. The highest BCUT2D eigenvalue weighted by Crippen LogP contribution is 2.30. The standard InChI is InChI=1S/C15H20ClNO3/c1-15(2,3)20-14(19)17-7-6-12-10(8-17)4-5-11(9-18)13(12)16/h4-5,18H,6-9H2,1-3H3. The van der Waals surface area contributed by atoms with Crippen molar-refractivity contribution in [3.63, 3.8) is 0 Å². The summed E-state index contributed by atoms with van der Waals surface area (Å²) in [6, 6.07) is 3.73. The average molecular weight is 298 g/mol. The van der Waals surface area contributed by atoms with Gasteiger partial charge in [0, 0.05) is 18.1 Å². The van der Waals surface area contributed by atoms with E-state index in [9.17, 15) is 9.90 Å². The molecule has 0 aliphatic carbocycles. The summed E-state index contributed by atoms with van der Waals surface area (Å²) in [4.78, 5) is 13.7. The van der Waals surface area contributed by atoms with Gasteiger partial charge in [-0.2, -0.15) is 0 Å². The van der Waals surface area contributed by atoms with Crippen LogP contribution in [0.25, 0.3) is 0 Å². The van der Waals surface area contributed by atoms with Gasteiger partial charge in [0.25, 0.3) is 0 Å². The van der Waals surface area contributed by atoms with Gasteiger partial charge in [-0.3, -0.25) is 0 Å². The van der Waals surface area contributed by atoms with Gasteiger partial charge in [0.1, 0.15) is 5.60 Å². The van der Waals surface area contributed by atoms with Gasteiger partial charge in [0.2, 0.25) is 0 Å². The largest absolute Gasteiger partial charge is 0.444 e. The van der Waals surface area contributed by atoms with Crippen LogP contribution >= 0.6 is 11.6 Å². The Morgan fingerprint density at radius 2 is 2.15 bits per heavy atom. The summed E-state index contributed by atoms with van der Waals surface area (Å²) in [6.45, 7) is 6.57. The van der Waals surface area contributed by atoms with Crippen molar-refractivity contribution >= 4 is 17.7 Å². The van der Waals surface area contributed by atoms with Gasteiger partial charge in [-0.1, -0.05) is 23.7 Å². The topological polar surface area (TPSA) is 49.8 Å². The third-order valence-corrected chi connectivity index (χ3v) is 3.71. The first-order valence-electron chi connectivity index (χ1n) is 6.69. The zero-order valence-electron chi connectivity index (χ0n) is 12.1. The van der Waals surface area contributed by atoms with Crippen LogP contribution in [-0.2, 0) is 24.3 Å². The van der Waals surface area contributed by atoms with Crippen LogP contribution < -0.4 is 0 Å². The van der Waals surface area contributed by atoms with Crippen molar-refractivity contribution in [1.29, 1.82) is 0 Å². The minimum absolute atomic E-state index is 0.0676. The van der Waals surface area contributed by atoms with E-state index in [0.717, 1.165) is 16.7 Å². The molecule has 5 heteroatoms. The summed E-state index contributed by atoms with van der Waals surface area (Å²) in [5.74, 6) is 0. The van der Waals surface area contributed by atoms with E-state index in [1.807, 2.05) is 26.8 Å². The second-order valence-corrected chi connectivity index (χ2v) is 6.36. The number of fused-ring (bicyclic) bond motifs is 1. The second-order valence-electron chi connectivity index (χ2n) is 5.99. The fraction of sp³-hybridized carbons (Fsp3) is 0.533. The normalized spacial score (nSPS) is 14.9. The molecule has 0 saturated carbocycles. The number of hydrogen-bond donors (Lipinski definition) is 1. The van der Waals surface area contributed by atoms with Crippen LogP contribution in [0.5, 0.6) is 0 Å². The molecule has 0 bridgehead atoms. The number of carbonyl (C=O) groups excluding carboxylic acids is 1. The highest BCUT2D eigenvalue weighted by atomic mass is 35.5. The van der Waals surface area contributed by atoms with Crippen LogP contribution in [0, 0.1) is 0 Å². The van der Waals surface area contributed by atoms with Crippen molar-refractivity contribution in [3.8, 4) is 0 Å². The quantitative estimate of drug-likeness (QED) is 0.866. The van der Waals surface area contributed by atoms with Crippen molar-refractivity contribution in [3.05, 3.63) is 33.8 Å². The van der Waals surface area contributed by atoms with E-state index >= 15 is 0 Å². The van der Waals surface area contributed by atoms with Crippen molar-refractivity contribution in [1.82, 2.24) is 4.90 Å². The zero-order valence-corrected chi connectivity index (χ0v) is 12.8. The van der Waals surface area contributed by atoms with Gasteiger partial charge < -0.3 is 14.7 Å². The van der Waals surface area contributed by atoms with E-state index in [1.54, 1.807) is 11.0 Å². The molecule has 110 valence electrons. The molecule has 1 amide bonds. The lowest BCUT2D eigenvalue weighted by Gasteiger charge is -2.31. The molecule has 1 aliphatic rings. The molecule has 0 fully saturated rings. The third-order valence-electron chi connectivity index (χ3n) is 3.24. The Kier molecular flexibility index (Phi) is 4.25. The van der Waals surface area contributed by atoms with Gasteiger partial charge in [-0.05, 0) is 43.9 Å². The predicted molar refractivity (Wildman–Crippen MR) is 77.7 cm³/mol. The molecular formula is C15H20ClNO3. The van der Waals surface area contributed by atoms with Crippen LogP contribution in [-0.4, -0.2) is 28.2 Å². The number of benzene rings is 1. The van der Waals surface area contributed by atoms with Gasteiger partial charge in [-0.25, -0.2) is 4.79 Å². The molecule has 2 rings (SSSR count). The SMILES string of the molecule is CC(C)(C)OC(=O)N1CCc2c(ccc(CO)c2Cl)C1. The number of nitrogens with zero attached hydrogens (tertiary/aromatic N) is 1.